The lowest BCUT2D eigenvalue weighted by Gasteiger charge is -2.20. The standard InChI is InChI=1S/C20H27N9O4.ClH/c1-27-10-20(22,24-11-27)19(33)26-13-7-15(29(3)9-13)18(32)25-12-6-14(28(2)8-12)17(31)23-5-4-16(21)30;/h6-9,11H,4-5,10,22H2,1-3H3,(H2,21,30)(H,23,31)(H,25,32)(H,26,33);1H. The lowest BCUT2D eigenvalue weighted by molar-refractivity contribution is -0.121. The number of amides is 4. The summed E-state index contributed by atoms with van der Waals surface area (Å²) < 4.78 is 3.10. The van der Waals surface area contributed by atoms with Crippen molar-refractivity contribution in [1.29, 1.82) is 0 Å². The van der Waals surface area contributed by atoms with Crippen molar-refractivity contribution >= 4 is 53.7 Å². The Bertz CT molecular complexity index is 1140. The Morgan fingerprint density at radius 1 is 1.00 bits per heavy atom. The molecule has 0 aliphatic carbocycles. The van der Waals surface area contributed by atoms with Gasteiger partial charge in [0.25, 0.3) is 17.7 Å². The minimum absolute atomic E-state index is 0. The summed E-state index contributed by atoms with van der Waals surface area (Å²) in [6.07, 6.45) is 4.69. The Labute approximate surface area is 201 Å². The molecule has 1 atom stereocenters. The molecular formula is C20H28ClN9O4. The summed E-state index contributed by atoms with van der Waals surface area (Å²) in [6.45, 7) is 0.357. The summed E-state index contributed by atoms with van der Waals surface area (Å²) in [7, 11) is 5.07. The number of rotatable bonds is 8. The number of aryl methyl sites for hydroxylation is 2. The summed E-state index contributed by atoms with van der Waals surface area (Å²) in [5.41, 5.74) is 11.1. The highest BCUT2D eigenvalue weighted by Crippen LogP contribution is 2.19. The van der Waals surface area contributed by atoms with Crippen molar-refractivity contribution < 1.29 is 19.2 Å². The van der Waals surface area contributed by atoms with Gasteiger partial charge in [-0.2, -0.15) is 0 Å². The highest BCUT2D eigenvalue weighted by molar-refractivity contribution is 6.06. The van der Waals surface area contributed by atoms with Gasteiger partial charge in [-0.3, -0.25) is 24.9 Å². The van der Waals surface area contributed by atoms with E-state index in [1.807, 2.05) is 0 Å². The molecule has 0 radical (unpaired) electrons. The molecule has 0 aromatic carbocycles. The van der Waals surface area contributed by atoms with E-state index in [9.17, 15) is 19.2 Å². The molecule has 4 amide bonds. The lowest BCUT2D eigenvalue weighted by atomic mass is 10.2. The van der Waals surface area contributed by atoms with E-state index < -0.39 is 29.3 Å². The van der Waals surface area contributed by atoms with Gasteiger partial charge in [0.05, 0.1) is 24.3 Å². The Morgan fingerprint density at radius 2 is 1.56 bits per heavy atom. The van der Waals surface area contributed by atoms with Crippen LogP contribution in [0.5, 0.6) is 0 Å². The van der Waals surface area contributed by atoms with Crippen molar-refractivity contribution in [3.05, 3.63) is 35.9 Å². The van der Waals surface area contributed by atoms with Crippen LogP contribution in [-0.4, -0.2) is 69.8 Å². The van der Waals surface area contributed by atoms with Gasteiger partial charge in [0.2, 0.25) is 11.6 Å². The average Bonchev–Trinajstić information content (AvgIpc) is 3.38. The number of anilines is 2. The minimum Gasteiger partial charge on any atom is -0.370 e. The molecule has 1 aliphatic heterocycles. The van der Waals surface area contributed by atoms with Crippen LogP contribution in [0.3, 0.4) is 0 Å². The monoisotopic (exact) mass is 493 g/mol. The summed E-state index contributed by atoms with van der Waals surface area (Å²) >= 11 is 0. The molecule has 7 N–H and O–H groups in total. The van der Waals surface area contributed by atoms with Crippen LogP contribution in [0, 0.1) is 0 Å². The molecule has 0 fully saturated rings. The molecule has 1 unspecified atom stereocenters. The third-order valence-electron chi connectivity index (χ3n) is 5.02. The number of likely N-dealkylation sites (N-methyl/N-ethyl adjacent to an activating group) is 1. The summed E-state index contributed by atoms with van der Waals surface area (Å²) in [4.78, 5) is 54.1. The number of aliphatic imine (C=N–C) groups is 1. The van der Waals surface area contributed by atoms with Gasteiger partial charge in [-0.1, -0.05) is 0 Å². The number of hydrogen-bond donors (Lipinski definition) is 5. The Kier molecular flexibility index (Phi) is 8.08. The quantitative estimate of drug-likeness (QED) is 0.321. The minimum atomic E-state index is -1.40. The van der Waals surface area contributed by atoms with Crippen LogP contribution in [0.15, 0.2) is 29.5 Å². The third kappa shape index (κ3) is 5.94. The number of carbonyl (C=O) groups excluding carboxylic acids is 4. The van der Waals surface area contributed by atoms with E-state index in [-0.39, 0.29) is 37.6 Å². The fourth-order valence-corrected chi connectivity index (χ4v) is 3.34. The largest absolute Gasteiger partial charge is 0.370 e. The third-order valence-corrected chi connectivity index (χ3v) is 5.02. The van der Waals surface area contributed by atoms with Crippen LogP contribution < -0.4 is 27.4 Å². The molecule has 0 saturated heterocycles. The van der Waals surface area contributed by atoms with Gasteiger partial charge in [-0.05, 0) is 12.1 Å². The number of hydrogen-bond acceptors (Lipinski definition) is 7. The molecular weight excluding hydrogens is 466 g/mol. The van der Waals surface area contributed by atoms with Gasteiger partial charge in [0.1, 0.15) is 11.4 Å². The van der Waals surface area contributed by atoms with E-state index >= 15 is 0 Å². The van der Waals surface area contributed by atoms with Crippen molar-refractivity contribution in [3.8, 4) is 0 Å². The number of carbonyl (C=O) groups is 4. The zero-order valence-electron chi connectivity index (χ0n) is 19.0. The first-order valence-electron chi connectivity index (χ1n) is 10.0. The SMILES string of the molecule is CN1C=NC(N)(C(=O)Nc2cc(C(=O)Nc3cc(C(=O)NCCC(N)=O)n(C)c3)n(C)c2)C1.Cl. The number of nitrogens with zero attached hydrogens (tertiary/aromatic N) is 4. The van der Waals surface area contributed by atoms with Crippen molar-refractivity contribution in [2.24, 2.45) is 30.6 Å². The van der Waals surface area contributed by atoms with E-state index in [2.05, 4.69) is 20.9 Å². The first-order chi connectivity index (χ1) is 15.5. The molecule has 2 aromatic rings. The molecule has 184 valence electrons. The Hall–Kier alpha value is -3.84. The van der Waals surface area contributed by atoms with Crippen LogP contribution in [0.25, 0.3) is 0 Å². The normalized spacial score (nSPS) is 16.6. The molecule has 0 saturated carbocycles. The molecule has 0 bridgehead atoms. The topological polar surface area (TPSA) is 182 Å². The van der Waals surface area contributed by atoms with Gasteiger partial charge < -0.3 is 35.7 Å². The van der Waals surface area contributed by atoms with Crippen molar-refractivity contribution in [2.45, 2.75) is 12.1 Å². The van der Waals surface area contributed by atoms with Crippen LogP contribution in [0.1, 0.15) is 27.4 Å². The number of nitrogens with two attached hydrogens (primary N) is 2. The van der Waals surface area contributed by atoms with Crippen molar-refractivity contribution in [1.82, 2.24) is 19.4 Å². The molecule has 3 heterocycles. The Morgan fingerprint density at radius 3 is 2.09 bits per heavy atom. The lowest BCUT2D eigenvalue weighted by Crippen LogP contribution is -2.52. The zero-order valence-corrected chi connectivity index (χ0v) is 19.8. The van der Waals surface area contributed by atoms with Crippen LogP contribution in [0.4, 0.5) is 11.4 Å². The second-order valence-corrected chi connectivity index (χ2v) is 7.91. The number of nitrogens with one attached hydrogen (secondary N) is 3. The fourth-order valence-electron chi connectivity index (χ4n) is 3.34. The maximum absolute atomic E-state index is 12.8. The number of aromatic nitrogens is 2. The first kappa shape index (κ1) is 26.4. The van der Waals surface area contributed by atoms with E-state index in [1.54, 1.807) is 47.6 Å². The fraction of sp³-hybridized carbons (Fsp3) is 0.350. The van der Waals surface area contributed by atoms with Crippen LogP contribution >= 0.6 is 12.4 Å². The summed E-state index contributed by atoms with van der Waals surface area (Å²) in [5.74, 6) is -1.85. The molecule has 34 heavy (non-hydrogen) atoms. The van der Waals surface area contributed by atoms with E-state index in [0.29, 0.717) is 17.1 Å². The molecule has 1 aliphatic rings. The predicted octanol–water partition coefficient (Wildman–Crippen LogP) is -0.790. The number of primary amides is 1. The molecule has 2 aromatic heterocycles. The molecule has 14 heteroatoms. The second kappa shape index (κ2) is 10.4. The molecule has 3 rings (SSSR count). The predicted molar refractivity (Wildman–Crippen MR) is 129 cm³/mol. The van der Waals surface area contributed by atoms with Crippen molar-refractivity contribution in [3.63, 3.8) is 0 Å². The van der Waals surface area contributed by atoms with Gasteiger partial charge in [0.15, 0.2) is 0 Å². The van der Waals surface area contributed by atoms with E-state index in [1.165, 1.54) is 18.5 Å². The van der Waals surface area contributed by atoms with E-state index in [0.717, 1.165) is 0 Å². The van der Waals surface area contributed by atoms with Crippen LogP contribution in [0.2, 0.25) is 0 Å². The molecule has 13 nitrogen and oxygen atoms in total. The van der Waals surface area contributed by atoms with Crippen molar-refractivity contribution in [2.75, 3.05) is 30.8 Å². The van der Waals surface area contributed by atoms with Crippen LogP contribution in [-0.2, 0) is 23.7 Å². The smallest absolute Gasteiger partial charge is 0.272 e. The van der Waals surface area contributed by atoms with Gasteiger partial charge >= 0.3 is 0 Å². The average molecular weight is 494 g/mol. The summed E-state index contributed by atoms with van der Waals surface area (Å²) in [5, 5.41) is 8.00. The van der Waals surface area contributed by atoms with Gasteiger partial charge in [-0.25, -0.2) is 4.99 Å². The number of halogens is 1. The maximum Gasteiger partial charge on any atom is 0.272 e. The maximum atomic E-state index is 12.8. The Balaban J connectivity index is 0.00000408. The highest BCUT2D eigenvalue weighted by Gasteiger charge is 2.38. The second-order valence-electron chi connectivity index (χ2n) is 7.91. The summed E-state index contributed by atoms with van der Waals surface area (Å²) in [6, 6.07) is 3.02. The van der Waals surface area contributed by atoms with E-state index in [4.69, 9.17) is 11.5 Å². The highest BCUT2D eigenvalue weighted by atomic mass is 35.5. The van der Waals surface area contributed by atoms with Gasteiger partial charge in [0, 0.05) is 46.5 Å². The zero-order chi connectivity index (χ0) is 24.3. The first-order valence-corrected chi connectivity index (χ1v) is 10.0. The molecule has 0 spiro atoms. The van der Waals surface area contributed by atoms with Gasteiger partial charge in [-0.15, -0.1) is 12.4 Å².